The van der Waals surface area contributed by atoms with E-state index in [1.54, 1.807) is 10.9 Å². The van der Waals surface area contributed by atoms with E-state index in [-0.39, 0.29) is 0 Å². The minimum Gasteiger partial charge on any atom is -0.337 e. The largest absolute Gasteiger partial charge is 0.337 e. The van der Waals surface area contributed by atoms with E-state index in [4.69, 9.17) is 10.3 Å². The van der Waals surface area contributed by atoms with Crippen LogP contribution in [-0.2, 0) is 7.05 Å². The molecule has 0 amide bonds. The Hall–Kier alpha value is -1.69. The Kier molecular flexibility index (Phi) is 3.56. The van der Waals surface area contributed by atoms with Gasteiger partial charge in [0, 0.05) is 24.7 Å². The van der Waals surface area contributed by atoms with Crippen molar-refractivity contribution in [2.24, 2.45) is 18.7 Å². The zero-order valence-corrected chi connectivity index (χ0v) is 12.0. The van der Waals surface area contributed by atoms with Crippen molar-refractivity contribution in [2.45, 2.75) is 44.6 Å². The molecule has 0 radical (unpaired) electrons. The van der Waals surface area contributed by atoms with Crippen LogP contribution in [0.15, 0.2) is 16.9 Å². The molecule has 108 valence electrons. The van der Waals surface area contributed by atoms with Gasteiger partial charge in [0.05, 0.1) is 6.20 Å². The van der Waals surface area contributed by atoms with Crippen molar-refractivity contribution in [3.05, 3.63) is 29.7 Å². The SMILES string of the molecule is CC1CCC(c2noc(C(N)c3cnn(C)c3)n2)CC1. The molecule has 1 fully saturated rings. The third-order valence-electron chi connectivity index (χ3n) is 4.19. The average Bonchev–Trinajstić information content (AvgIpc) is 3.08. The molecule has 2 heterocycles. The molecule has 1 atom stereocenters. The summed E-state index contributed by atoms with van der Waals surface area (Å²) in [6.45, 7) is 2.30. The van der Waals surface area contributed by atoms with Gasteiger partial charge >= 0.3 is 0 Å². The number of aromatic nitrogens is 4. The van der Waals surface area contributed by atoms with Crippen LogP contribution >= 0.6 is 0 Å². The van der Waals surface area contributed by atoms with Crippen LogP contribution in [0.5, 0.6) is 0 Å². The molecule has 2 aromatic heterocycles. The number of aryl methyl sites for hydroxylation is 1. The zero-order chi connectivity index (χ0) is 14.1. The first kappa shape index (κ1) is 13.3. The molecule has 6 heteroatoms. The summed E-state index contributed by atoms with van der Waals surface area (Å²) in [6, 6.07) is -0.396. The van der Waals surface area contributed by atoms with Crippen LogP contribution in [0.3, 0.4) is 0 Å². The van der Waals surface area contributed by atoms with E-state index < -0.39 is 6.04 Å². The maximum absolute atomic E-state index is 6.14. The van der Waals surface area contributed by atoms with E-state index in [0.717, 1.165) is 30.1 Å². The quantitative estimate of drug-likeness (QED) is 0.928. The fraction of sp³-hybridized carbons (Fsp3) is 0.643. The summed E-state index contributed by atoms with van der Waals surface area (Å²) in [5.74, 6) is 2.53. The van der Waals surface area contributed by atoms with Crippen molar-refractivity contribution in [2.75, 3.05) is 0 Å². The van der Waals surface area contributed by atoms with E-state index >= 15 is 0 Å². The van der Waals surface area contributed by atoms with Gasteiger partial charge < -0.3 is 10.3 Å². The van der Waals surface area contributed by atoms with Gasteiger partial charge in [0.1, 0.15) is 6.04 Å². The molecule has 1 aliphatic carbocycles. The molecular formula is C14H21N5O. The van der Waals surface area contributed by atoms with Crippen LogP contribution in [0.1, 0.15) is 61.8 Å². The summed E-state index contributed by atoms with van der Waals surface area (Å²) < 4.78 is 7.06. The van der Waals surface area contributed by atoms with Crippen LogP contribution in [0.25, 0.3) is 0 Å². The highest BCUT2D eigenvalue weighted by molar-refractivity contribution is 5.17. The van der Waals surface area contributed by atoms with Crippen molar-refractivity contribution >= 4 is 0 Å². The molecule has 2 N–H and O–H groups in total. The van der Waals surface area contributed by atoms with Gasteiger partial charge in [-0.2, -0.15) is 10.1 Å². The summed E-state index contributed by atoms with van der Waals surface area (Å²) >= 11 is 0. The fourth-order valence-electron chi connectivity index (χ4n) is 2.80. The second kappa shape index (κ2) is 5.36. The van der Waals surface area contributed by atoms with Gasteiger partial charge in [0.2, 0.25) is 5.89 Å². The van der Waals surface area contributed by atoms with Crippen LogP contribution < -0.4 is 5.73 Å². The highest BCUT2D eigenvalue weighted by Gasteiger charge is 2.26. The fourth-order valence-corrected chi connectivity index (χ4v) is 2.80. The summed E-state index contributed by atoms with van der Waals surface area (Å²) in [7, 11) is 1.86. The Labute approximate surface area is 118 Å². The smallest absolute Gasteiger partial charge is 0.248 e. The molecule has 20 heavy (non-hydrogen) atoms. The van der Waals surface area contributed by atoms with Crippen molar-refractivity contribution < 1.29 is 4.52 Å². The zero-order valence-electron chi connectivity index (χ0n) is 12.0. The Bertz CT molecular complexity index is 568. The molecule has 6 nitrogen and oxygen atoms in total. The first-order valence-electron chi connectivity index (χ1n) is 7.21. The highest BCUT2D eigenvalue weighted by Crippen LogP contribution is 2.34. The monoisotopic (exact) mass is 275 g/mol. The van der Waals surface area contributed by atoms with Gasteiger partial charge in [-0.25, -0.2) is 0 Å². The average molecular weight is 275 g/mol. The molecule has 0 saturated heterocycles. The lowest BCUT2D eigenvalue weighted by Crippen LogP contribution is -2.14. The predicted molar refractivity (Wildman–Crippen MR) is 73.9 cm³/mol. The number of nitrogens with two attached hydrogens (primary N) is 1. The molecule has 1 saturated carbocycles. The Morgan fingerprint density at radius 3 is 2.75 bits per heavy atom. The molecule has 0 aliphatic heterocycles. The summed E-state index contributed by atoms with van der Waals surface area (Å²) in [6.07, 6.45) is 8.37. The predicted octanol–water partition coefficient (Wildman–Crippen LogP) is 2.14. The van der Waals surface area contributed by atoms with E-state index in [0.29, 0.717) is 11.8 Å². The third-order valence-corrected chi connectivity index (χ3v) is 4.19. The van der Waals surface area contributed by atoms with Gasteiger partial charge in [-0.3, -0.25) is 4.68 Å². The van der Waals surface area contributed by atoms with Crippen molar-refractivity contribution in [1.82, 2.24) is 19.9 Å². The maximum Gasteiger partial charge on any atom is 0.248 e. The summed E-state index contributed by atoms with van der Waals surface area (Å²) in [4.78, 5) is 4.50. The maximum atomic E-state index is 6.14. The first-order chi connectivity index (χ1) is 9.63. The molecular weight excluding hydrogens is 254 g/mol. The second-order valence-electron chi connectivity index (χ2n) is 5.87. The van der Waals surface area contributed by atoms with E-state index in [1.165, 1.54) is 12.8 Å². The van der Waals surface area contributed by atoms with Gasteiger partial charge in [-0.15, -0.1) is 0 Å². The standard InChI is InChI=1S/C14H21N5O/c1-9-3-5-10(6-4-9)13-17-14(20-18-13)12(15)11-7-16-19(2)8-11/h7-10,12H,3-6,15H2,1-2H3. The minimum atomic E-state index is -0.396. The van der Waals surface area contributed by atoms with Gasteiger partial charge in [-0.05, 0) is 18.8 Å². The normalized spacial score (nSPS) is 24.8. The van der Waals surface area contributed by atoms with Crippen molar-refractivity contribution in [3.63, 3.8) is 0 Å². The molecule has 0 spiro atoms. The number of hydrogen-bond acceptors (Lipinski definition) is 5. The minimum absolute atomic E-state index is 0.396. The number of rotatable bonds is 3. The lowest BCUT2D eigenvalue weighted by molar-refractivity contribution is 0.322. The second-order valence-corrected chi connectivity index (χ2v) is 5.87. The van der Waals surface area contributed by atoms with Gasteiger partial charge in [0.25, 0.3) is 0 Å². The molecule has 3 rings (SSSR count). The van der Waals surface area contributed by atoms with E-state index in [2.05, 4.69) is 22.2 Å². The molecule has 0 bridgehead atoms. The lowest BCUT2D eigenvalue weighted by Gasteiger charge is -2.23. The summed E-state index contributed by atoms with van der Waals surface area (Å²) in [5, 5.41) is 8.24. The molecule has 1 aliphatic rings. The van der Waals surface area contributed by atoms with Crippen LogP contribution in [0.4, 0.5) is 0 Å². The van der Waals surface area contributed by atoms with Gasteiger partial charge in [0.15, 0.2) is 5.82 Å². The molecule has 0 aromatic carbocycles. The Morgan fingerprint density at radius 1 is 1.35 bits per heavy atom. The Balaban J connectivity index is 1.73. The Morgan fingerprint density at radius 2 is 2.10 bits per heavy atom. The number of nitrogens with zero attached hydrogens (tertiary/aromatic N) is 4. The molecule has 2 aromatic rings. The van der Waals surface area contributed by atoms with Crippen molar-refractivity contribution in [3.8, 4) is 0 Å². The van der Waals surface area contributed by atoms with Crippen LogP contribution in [0.2, 0.25) is 0 Å². The van der Waals surface area contributed by atoms with Crippen LogP contribution in [0, 0.1) is 5.92 Å². The summed E-state index contributed by atoms with van der Waals surface area (Å²) in [5.41, 5.74) is 7.03. The van der Waals surface area contributed by atoms with E-state index in [9.17, 15) is 0 Å². The van der Waals surface area contributed by atoms with Gasteiger partial charge in [-0.1, -0.05) is 24.9 Å². The number of hydrogen-bond donors (Lipinski definition) is 1. The highest BCUT2D eigenvalue weighted by atomic mass is 16.5. The molecule has 1 unspecified atom stereocenters. The van der Waals surface area contributed by atoms with E-state index in [1.807, 2.05) is 13.2 Å². The first-order valence-corrected chi connectivity index (χ1v) is 7.21. The topological polar surface area (TPSA) is 82.8 Å². The van der Waals surface area contributed by atoms with Crippen molar-refractivity contribution in [1.29, 1.82) is 0 Å². The van der Waals surface area contributed by atoms with Crippen LogP contribution in [-0.4, -0.2) is 19.9 Å². The third kappa shape index (κ3) is 2.60. The lowest BCUT2D eigenvalue weighted by atomic mass is 9.83.